The van der Waals surface area contributed by atoms with Crippen molar-refractivity contribution in [3.63, 3.8) is 0 Å². The first-order valence-corrected chi connectivity index (χ1v) is 6.48. The van der Waals surface area contributed by atoms with Crippen molar-refractivity contribution in [3.05, 3.63) is 53.3 Å². The maximum atomic E-state index is 12.0. The van der Waals surface area contributed by atoms with Crippen molar-refractivity contribution < 1.29 is 4.79 Å². The molecule has 2 aromatic rings. The lowest BCUT2D eigenvalue weighted by molar-refractivity contribution is 0.0940. The van der Waals surface area contributed by atoms with Crippen molar-refractivity contribution in [2.45, 2.75) is 26.3 Å². The van der Waals surface area contributed by atoms with Crippen LogP contribution in [0.2, 0.25) is 0 Å². The second-order valence-corrected chi connectivity index (χ2v) is 4.69. The molecule has 0 bridgehead atoms. The van der Waals surface area contributed by atoms with Gasteiger partial charge in [-0.1, -0.05) is 31.2 Å². The summed E-state index contributed by atoms with van der Waals surface area (Å²) in [6.45, 7) is 4.11. The van der Waals surface area contributed by atoms with E-state index in [1.165, 1.54) is 5.56 Å². The molecule has 4 nitrogen and oxygen atoms in total. The normalized spacial score (nSPS) is 12.2. The third-order valence-electron chi connectivity index (χ3n) is 3.20. The average Bonchev–Trinajstić information content (AvgIpc) is 2.85. The minimum Gasteiger partial charge on any atom is -0.345 e. The van der Waals surface area contributed by atoms with E-state index in [1.54, 1.807) is 24.1 Å². The van der Waals surface area contributed by atoms with Gasteiger partial charge in [-0.2, -0.15) is 5.10 Å². The van der Waals surface area contributed by atoms with Gasteiger partial charge in [-0.3, -0.25) is 9.48 Å². The molecular formula is C15H19N3O. The molecule has 1 unspecified atom stereocenters. The number of nitrogens with one attached hydrogen (secondary N) is 1. The van der Waals surface area contributed by atoms with E-state index in [4.69, 9.17) is 0 Å². The molecule has 1 N–H and O–H groups in total. The fraction of sp³-hybridized carbons (Fsp3) is 0.333. The van der Waals surface area contributed by atoms with Crippen LogP contribution in [0.15, 0.2) is 36.7 Å². The van der Waals surface area contributed by atoms with Gasteiger partial charge in [0.2, 0.25) is 0 Å². The Morgan fingerprint density at radius 2 is 2.05 bits per heavy atom. The van der Waals surface area contributed by atoms with Crippen LogP contribution in [-0.4, -0.2) is 15.7 Å². The largest absolute Gasteiger partial charge is 0.345 e. The number of aryl methyl sites for hydroxylation is 2. The van der Waals surface area contributed by atoms with Crippen LogP contribution in [0, 0.1) is 0 Å². The van der Waals surface area contributed by atoms with E-state index in [1.807, 2.05) is 6.92 Å². The van der Waals surface area contributed by atoms with Gasteiger partial charge in [0.15, 0.2) is 0 Å². The predicted molar refractivity (Wildman–Crippen MR) is 74.9 cm³/mol. The first-order valence-electron chi connectivity index (χ1n) is 6.48. The molecule has 2 rings (SSSR count). The number of hydrogen-bond donors (Lipinski definition) is 1. The number of aromatic nitrogens is 2. The molecule has 0 aliphatic heterocycles. The molecule has 1 aromatic heterocycles. The molecule has 1 aromatic carbocycles. The van der Waals surface area contributed by atoms with Crippen molar-refractivity contribution in [1.82, 2.24) is 15.1 Å². The summed E-state index contributed by atoms with van der Waals surface area (Å²) in [6.07, 6.45) is 4.31. The first-order chi connectivity index (χ1) is 9.10. The molecule has 0 saturated heterocycles. The van der Waals surface area contributed by atoms with E-state index < -0.39 is 0 Å². The Bertz CT molecular complexity index is 557. The van der Waals surface area contributed by atoms with E-state index in [-0.39, 0.29) is 11.9 Å². The summed E-state index contributed by atoms with van der Waals surface area (Å²) in [5.74, 6) is -0.0971. The van der Waals surface area contributed by atoms with Crippen LogP contribution < -0.4 is 5.32 Å². The summed E-state index contributed by atoms with van der Waals surface area (Å²) >= 11 is 0. The topological polar surface area (TPSA) is 46.9 Å². The summed E-state index contributed by atoms with van der Waals surface area (Å²) in [5.41, 5.74) is 2.99. The Morgan fingerprint density at radius 1 is 1.37 bits per heavy atom. The van der Waals surface area contributed by atoms with Crippen LogP contribution in [0.4, 0.5) is 0 Å². The molecule has 19 heavy (non-hydrogen) atoms. The second kappa shape index (κ2) is 5.69. The van der Waals surface area contributed by atoms with Crippen molar-refractivity contribution in [1.29, 1.82) is 0 Å². The number of amides is 1. The lowest BCUT2D eigenvalue weighted by atomic mass is 10.0. The summed E-state index contributed by atoms with van der Waals surface area (Å²) < 4.78 is 1.62. The number of hydrogen-bond acceptors (Lipinski definition) is 2. The molecule has 1 heterocycles. The van der Waals surface area contributed by atoms with Crippen molar-refractivity contribution in [2.75, 3.05) is 0 Å². The van der Waals surface area contributed by atoms with E-state index in [0.29, 0.717) is 5.56 Å². The minimum atomic E-state index is -0.0971. The standard InChI is InChI=1S/C15H19N3O/c1-4-12-5-7-13(8-6-12)11(2)17-15(19)14-9-16-18(3)10-14/h5-11H,4H2,1-3H3,(H,17,19). The highest BCUT2D eigenvalue weighted by atomic mass is 16.1. The smallest absolute Gasteiger partial charge is 0.254 e. The molecule has 0 saturated carbocycles. The van der Waals surface area contributed by atoms with Crippen molar-refractivity contribution in [2.24, 2.45) is 7.05 Å². The Morgan fingerprint density at radius 3 is 2.58 bits per heavy atom. The van der Waals surface area contributed by atoms with Gasteiger partial charge in [0.05, 0.1) is 17.8 Å². The second-order valence-electron chi connectivity index (χ2n) is 4.69. The van der Waals surface area contributed by atoms with Gasteiger partial charge in [-0.05, 0) is 24.5 Å². The lowest BCUT2D eigenvalue weighted by Crippen LogP contribution is -2.26. The zero-order chi connectivity index (χ0) is 13.8. The SMILES string of the molecule is CCc1ccc(C(C)NC(=O)c2cnn(C)c2)cc1. The highest BCUT2D eigenvalue weighted by molar-refractivity contribution is 5.93. The molecule has 1 amide bonds. The summed E-state index contributed by atoms with van der Waals surface area (Å²) in [6, 6.07) is 8.31. The number of nitrogens with zero attached hydrogens (tertiary/aromatic N) is 2. The number of carbonyl (C=O) groups is 1. The van der Waals surface area contributed by atoms with Crippen LogP contribution in [0.5, 0.6) is 0 Å². The predicted octanol–water partition coefficient (Wildman–Crippen LogP) is 2.47. The zero-order valence-corrected chi connectivity index (χ0v) is 11.6. The van der Waals surface area contributed by atoms with E-state index in [2.05, 4.69) is 41.6 Å². The third kappa shape index (κ3) is 3.22. The molecule has 0 fully saturated rings. The van der Waals surface area contributed by atoms with E-state index >= 15 is 0 Å². The van der Waals surface area contributed by atoms with Crippen molar-refractivity contribution >= 4 is 5.91 Å². The van der Waals surface area contributed by atoms with Gasteiger partial charge >= 0.3 is 0 Å². The van der Waals surface area contributed by atoms with Crippen LogP contribution in [0.1, 0.15) is 41.4 Å². The van der Waals surface area contributed by atoms with Crippen LogP contribution in [0.25, 0.3) is 0 Å². The molecule has 1 atom stereocenters. The lowest BCUT2D eigenvalue weighted by Gasteiger charge is -2.14. The fourth-order valence-electron chi connectivity index (χ4n) is 1.94. The maximum Gasteiger partial charge on any atom is 0.254 e. The summed E-state index contributed by atoms with van der Waals surface area (Å²) in [5, 5.41) is 6.97. The molecule has 0 aliphatic rings. The average molecular weight is 257 g/mol. The zero-order valence-electron chi connectivity index (χ0n) is 11.6. The van der Waals surface area contributed by atoms with Crippen LogP contribution in [0.3, 0.4) is 0 Å². The van der Waals surface area contributed by atoms with Crippen LogP contribution >= 0.6 is 0 Å². The molecule has 0 radical (unpaired) electrons. The van der Waals surface area contributed by atoms with Gasteiger partial charge in [0.25, 0.3) is 5.91 Å². The Labute approximate surface area is 113 Å². The number of benzene rings is 1. The van der Waals surface area contributed by atoms with Gasteiger partial charge < -0.3 is 5.32 Å². The Hall–Kier alpha value is -2.10. The molecule has 0 aliphatic carbocycles. The molecule has 100 valence electrons. The third-order valence-corrected chi connectivity index (χ3v) is 3.20. The van der Waals surface area contributed by atoms with Gasteiger partial charge in [0, 0.05) is 13.2 Å². The Kier molecular flexibility index (Phi) is 4.00. The molecule has 4 heteroatoms. The molecular weight excluding hydrogens is 238 g/mol. The first kappa shape index (κ1) is 13.3. The monoisotopic (exact) mass is 257 g/mol. The van der Waals surface area contributed by atoms with Gasteiger partial charge in [-0.15, -0.1) is 0 Å². The minimum absolute atomic E-state index is 0.0152. The molecule has 0 spiro atoms. The van der Waals surface area contributed by atoms with Gasteiger partial charge in [0.1, 0.15) is 0 Å². The van der Waals surface area contributed by atoms with Crippen LogP contribution in [-0.2, 0) is 13.5 Å². The van der Waals surface area contributed by atoms with E-state index in [0.717, 1.165) is 12.0 Å². The van der Waals surface area contributed by atoms with E-state index in [9.17, 15) is 4.79 Å². The highest BCUT2D eigenvalue weighted by Crippen LogP contribution is 2.14. The highest BCUT2D eigenvalue weighted by Gasteiger charge is 2.12. The maximum absolute atomic E-state index is 12.0. The summed E-state index contributed by atoms with van der Waals surface area (Å²) in [4.78, 5) is 12.0. The van der Waals surface area contributed by atoms with Crippen molar-refractivity contribution in [3.8, 4) is 0 Å². The number of carbonyl (C=O) groups excluding carboxylic acids is 1. The summed E-state index contributed by atoms with van der Waals surface area (Å²) in [7, 11) is 1.80. The fourth-order valence-corrected chi connectivity index (χ4v) is 1.94. The Balaban J connectivity index is 2.03. The van der Waals surface area contributed by atoms with Gasteiger partial charge in [-0.25, -0.2) is 0 Å². The quantitative estimate of drug-likeness (QED) is 0.914. The number of rotatable bonds is 4.